The van der Waals surface area contributed by atoms with Gasteiger partial charge in [-0.3, -0.25) is 0 Å². The summed E-state index contributed by atoms with van der Waals surface area (Å²) in [5.41, 5.74) is 3.39. The van der Waals surface area contributed by atoms with Crippen LogP contribution in [0.25, 0.3) is 5.69 Å². The van der Waals surface area contributed by atoms with Crippen LogP contribution in [0.1, 0.15) is 17.0 Å². The maximum absolute atomic E-state index is 14.0. The van der Waals surface area contributed by atoms with Gasteiger partial charge in [0.2, 0.25) is 0 Å². The Labute approximate surface area is 100 Å². The minimum atomic E-state index is -0.224. The summed E-state index contributed by atoms with van der Waals surface area (Å²) < 4.78 is 15.8. The van der Waals surface area contributed by atoms with Gasteiger partial charge in [0.1, 0.15) is 5.82 Å². The van der Waals surface area contributed by atoms with E-state index in [1.54, 1.807) is 17.0 Å². The molecule has 0 saturated carbocycles. The topological polar surface area (TPSA) is 29.9 Å². The molecule has 2 rings (SSSR count). The third kappa shape index (κ3) is 2.08. The molecule has 1 aromatic carbocycles. The number of nitrogens with zero attached hydrogens (tertiary/aromatic N) is 2. The van der Waals surface area contributed by atoms with Gasteiger partial charge in [0.25, 0.3) is 0 Å². The minimum Gasteiger partial charge on any atom is -0.316 e. The highest BCUT2D eigenvalue weighted by atomic mass is 19.1. The van der Waals surface area contributed by atoms with E-state index >= 15 is 0 Å². The Kier molecular flexibility index (Phi) is 3.24. The predicted molar refractivity (Wildman–Crippen MR) is 65.8 cm³/mol. The van der Waals surface area contributed by atoms with Crippen molar-refractivity contribution in [3.63, 3.8) is 0 Å². The van der Waals surface area contributed by atoms with Crippen molar-refractivity contribution in [1.82, 2.24) is 14.9 Å². The second kappa shape index (κ2) is 4.67. The second-order valence-corrected chi connectivity index (χ2v) is 4.06. The molecule has 0 radical (unpaired) electrons. The van der Waals surface area contributed by atoms with Crippen LogP contribution in [-0.4, -0.2) is 16.6 Å². The Morgan fingerprint density at radius 3 is 2.71 bits per heavy atom. The SMILES string of the molecule is CNCc1cccc(F)c1-n1cnc(C)c1C. The lowest BCUT2D eigenvalue weighted by molar-refractivity contribution is 0.611. The zero-order chi connectivity index (χ0) is 12.4. The number of nitrogens with one attached hydrogen (secondary N) is 1. The first-order valence-corrected chi connectivity index (χ1v) is 5.58. The van der Waals surface area contributed by atoms with Crippen LogP contribution >= 0.6 is 0 Å². The molecule has 0 unspecified atom stereocenters. The van der Waals surface area contributed by atoms with Gasteiger partial charge in [0.05, 0.1) is 17.7 Å². The molecule has 0 aliphatic rings. The number of para-hydroxylation sites is 1. The van der Waals surface area contributed by atoms with Crippen molar-refractivity contribution in [1.29, 1.82) is 0 Å². The molecule has 2 aromatic rings. The maximum Gasteiger partial charge on any atom is 0.147 e. The molecule has 0 amide bonds. The molecular weight excluding hydrogens is 217 g/mol. The molecule has 90 valence electrons. The average molecular weight is 233 g/mol. The lowest BCUT2D eigenvalue weighted by Crippen LogP contribution is -2.11. The van der Waals surface area contributed by atoms with Crippen molar-refractivity contribution in [2.75, 3.05) is 7.05 Å². The summed E-state index contributed by atoms with van der Waals surface area (Å²) in [6, 6.07) is 5.12. The van der Waals surface area contributed by atoms with Crippen molar-refractivity contribution in [2.45, 2.75) is 20.4 Å². The number of hydrogen-bond donors (Lipinski definition) is 1. The number of aryl methyl sites for hydroxylation is 1. The van der Waals surface area contributed by atoms with E-state index in [2.05, 4.69) is 10.3 Å². The van der Waals surface area contributed by atoms with Gasteiger partial charge in [-0.1, -0.05) is 12.1 Å². The zero-order valence-electron chi connectivity index (χ0n) is 10.3. The number of halogens is 1. The molecule has 0 bridgehead atoms. The van der Waals surface area contributed by atoms with Gasteiger partial charge in [0.15, 0.2) is 0 Å². The lowest BCUT2D eigenvalue weighted by atomic mass is 10.1. The summed E-state index contributed by atoms with van der Waals surface area (Å²) in [5, 5.41) is 3.05. The summed E-state index contributed by atoms with van der Waals surface area (Å²) in [6.45, 7) is 4.49. The predicted octanol–water partition coefficient (Wildman–Crippen LogP) is 2.35. The minimum absolute atomic E-state index is 0.224. The fourth-order valence-electron chi connectivity index (χ4n) is 1.89. The van der Waals surface area contributed by atoms with Gasteiger partial charge in [-0.15, -0.1) is 0 Å². The molecule has 0 aliphatic heterocycles. The molecule has 17 heavy (non-hydrogen) atoms. The van der Waals surface area contributed by atoms with Crippen LogP contribution < -0.4 is 5.32 Å². The van der Waals surface area contributed by atoms with E-state index in [1.165, 1.54) is 6.07 Å². The molecular formula is C13H16FN3. The molecule has 1 aromatic heterocycles. The van der Waals surface area contributed by atoms with Crippen LogP contribution in [0.5, 0.6) is 0 Å². The number of aromatic nitrogens is 2. The van der Waals surface area contributed by atoms with E-state index in [1.807, 2.05) is 27.0 Å². The highest BCUT2D eigenvalue weighted by molar-refractivity contribution is 5.44. The normalized spacial score (nSPS) is 10.8. The number of hydrogen-bond acceptors (Lipinski definition) is 2. The summed E-state index contributed by atoms with van der Waals surface area (Å²) in [5.74, 6) is -0.224. The molecule has 0 aliphatic carbocycles. The van der Waals surface area contributed by atoms with Gasteiger partial charge in [-0.25, -0.2) is 9.37 Å². The van der Waals surface area contributed by atoms with Crippen LogP contribution in [0.2, 0.25) is 0 Å². The molecule has 0 atom stereocenters. The van der Waals surface area contributed by atoms with Crippen molar-refractivity contribution < 1.29 is 4.39 Å². The Hall–Kier alpha value is -1.68. The van der Waals surface area contributed by atoms with Crippen LogP contribution in [0.3, 0.4) is 0 Å². The quantitative estimate of drug-likeness (QED) is 0.882. The average Bonchev–Trinajstić information content (AvgIpc) is 2.61. The van der Waals surface area contributed by atoms with Crippen molar-refractivity contribution in [2.24, 2.45) is 0 Å². The Morgan fingerprint density at radius 2 is 2.12 bits per heavy atom. The molecule has 0 saturated heterocycles. The zero-order valence-corrected chi connectivity index (χ0v) is 10.3. The molecule has 1 heterocycles. The third-order valence-corrected chi connectivity index (χ3v) is 2.93. The van der Waals surface area contributed by atoms with Gasteiger partial charge in [-0.05, 0) is 32.5 Å². The van der Waals surface area contributed by atoms with Gasteiger partial charge in [0, 0.05) is 12.2 Å². The van der Waals surface area contributed by atoms with Crippen molar-refractivity contribution in [3.05, 3.63) is 47.3 Å². The van der Waals surface area contributed by atoms with Crippen LogP contribution in [-0.2, 0) is 6.54 Å². The summed E-state index contributed by atoms with van der Waals surface area (Å²) in [7, 11) is 1.85. The van der Waals surface area contributed by atoms with Crippen molar-refractivity contribution in [3.8, 4) is 5.69 Å². The van der Waals surface area contributed by atoms with Crippen LogP contribution in [0.4, 0.5) is 4.39 Å². The largest absolute Gasteiger partial charge is 0.316 e. The highest BCUT2D eigenvalue weighted by Crippen LogP contribution is 2.21. The fourth-order valence-corrected chi connectivity index (χ4v) is 1.89. The van der Waals surface area contributed by atoms with E-state index in [9.17, 15) is 4.39 Å². The molecule has 1 N–H and O–H groups in total. The highest BCUT2D eigenvalue weighted by Gasteiger charge is 2.13. The molecule has 0 fully saturated rings. The number of imidazole rings is 1. The molecule has 3 nitrogen and oxygen atoms in total. The van der Waals surface area contributed by atoms with E-state index in [4.69, 9.17) is 0 Å². The monoisotopic (exact) mass is 233 g/mol. The van der Waals surface area contributed by atoms with Crippen molar-refractivity contribution >= 4 is 0 Å². The second-order valence-electron chi connectivity index (χ2n) is 4.06. The van der Waals surface area contributed by atoms with Gasteiger partial charge < -0.3 is 9.88 Å². The summed E-state index contributed by atoms with van der Waals surface area (Å²) in [6.07, 6.45) is 1.67. The first-order chi connectivity index (χ1) is 8.15. The number of rotatable bonds is 3. The standard InChI is InChI=1S/C13H16FN3/c1-9-10(2)17(8-16-9)13-11(7-15-3)5-4-6-12(13)14/h4-6,8,15H,7H2,1-3H3. The molecule has 4 heteroatoms. The lowest BCUT2D eigenvalue weighted by Gasteiger charge is -2.12. The van der Waals surface area contributed by atoms with Gasteiger partial charge >= 0.3 is 0 Å². The summed E-state index contributed by atoms with van der Waals surface area (Å²) in [4.78, 5) is 4.21. The molecule has 0 spiro atoms. The summed E-state index contributed by atoms with van der Waals surface area (Å²) >= 11 is 0. The Balaban J connectivity index is 2.61. The van der Waals surface area contributed by atoms with E-state index in [0.717, 1.165) is 17.0 Å². The maximum atomic E-state index is 14.0. The van der Waals surface area contributed by atoms with E-state index < -0.39 is 0 Å². The first-order valence-electron chi connectivity index (χ1n) is 5.58. The van der Waals surface area contributed by atoms with Crippen LogP contribution in [0.15, 0.2) is 24.5 Å². The smallest absolute Gasteiger partial charge is 0.147 e. The number of benzene rings is 1. The van der Waals surface area contributed by atoms with Crippen LogP contribution in [0, 0.1) is 19.7 Å². The Morgan fingerprint density at radius 1 is 1.35 bits per heavy atom. The van der Waals surface area contributed by atoms with E-state index in [0.29, 0.717) is 12.2 Å². The third-order valence-electron chi connectivity index (χ3n) is 2.93. The first kappa shape index (κ1) is 11.8. The Bertz CT molecular complexity index is 531. The van der Waals surface area contributed by atoms with Gasteiger partial charge in [-0.2, -0.15) is 0 Å². The van der Waals surface area contributed by atoms with E-state index in [-0.39, 0.29) is 5.82 Å². The fraction of sp³-hybridized carbons (Fsp3) is 0.308.